The molecule has 3 aromatic rings. The highest BCUT2D eigenvalue weighted by Gasteiger charge is 2.54. The lowest BCUT2D eigenvalue weighted by molar-refractivity contribution is -0.150. The van der Waals surface area contributed by atoms with E-state index in [1.54, 1.807) is 0 Å². The number of β-lactam (4-membered cyclic amide) rings is 1. The summed E-state index contributed by atoms with van der Waals surface area (Å²) in [7, 11) is 0. The van der Waals surface area contributed by atoms with E-state index >= 15 is 0 Å². The molecule has 2 aliphatic rings. The zero-order chi connectivity index (χ0) is 22.2. The third kappa shape index (κ3) is 3.89. The number of rotatable bonds is 6. The number of fused-ring (bicyclic) bond motifs is 2. The molecule has 2 atom stereocenters. The molecule has 7 nitrogen and oxygen atoms in total. The smallest absolute Gasteiger partial charge is 0.353 e. The molecular weight excluding hydrogens is 466 g/mol. The van der Waals surface area contributed by atoms with Crippen LogP contribution in [0.15, 0.2) is 69.5 Å². The van der Waals surface area contributed by atoms with Gasteiger partial charge in [-0.05, 0) is 17.7 Å². The number of aromatic nitrogens is 1. The first-order chi connectivity index (χ1) is 15.5. The molecule has 5 rings (SSSR count). The van der Waals surface area contributed by atoms with Crippen LogP contribution >= 0.6 is 34.9 Å². The minimum absolute atomic E-state index is 0.0171. The summed E-state index contributed by atoms with van der Waals surface area (Å²) in [6.45, 7) is 0. The molecule has 2 aliphatic heterocycles. The van der Waals surface area contributed by atoms with E-state index < -0.39 is 23.3 Å². The third-order valence-electron chi connectivity index (χ3n) is 5.14. The summed E-state index contributed by atoms with van der Waals surface area (Å²) in [4.78, 5) is 43.7. The van der Waals surface area contributed by atoms with E-state index in [9.17, 15) is 19.5 Å². The average Bonchev–Trinajstić information content (AvgIpc) is 3.20. The monoisotopic (exact) mass is 483 g/mol. The summed E-state index contributed by atoms with van der Waals surface area (Å²) in [6, 6.07) is 16.3. The van der Waals surface area contributed by atoms with E-state index in [1.807, 2.05) is 54.6 Å². The van der Waals surface area contributed by atoms with Crippen LogP contribution in [0.3, 0.4) is 0 Å². The molecule has 0 bridgehead atoms. The SMILES string of the molecule is O=C(Cc1ccccc1)N[C@@H]1C(=O)N2C(C(=O)O)=C(Sc3nc4ccccc4s3)CS[C@H]12. The van der Waals surface area contributed by atoms with Crippen molar-refractivity contribution in [1.29, 1.82) is 0 Å². The molecule has 32 heavy (non-hydrogen) atoms. The van der Waals surface area contributed by atoms with Crippen LogP contribution in [0.25, 0.3) is 10.2 Å². The summed E-state index contributed by atoms with van der Waals surface area (Å²) in [5.41, 5.74) is 1.70. The Morgan fingerprint density at radius 3 is 2.66 bits per heavy atom. The molecule has 10 heteroatoms. The number of para-hydroxylation sites is 1. The van der Waals surface area contributed by atoms with Gasteiger partial charge in [0.05, 0.1) is 16.6 Å². The Bertz CT molecular complexity index is 1220. The fourth-order valence-corrected chi connectivity index (χ4v) is 7.38. The Labute approximate surface area is 195 Å². The van der Waals surface area contributed by atoms with Gasteiger partial charge in [-0.2, -0.15) is 0 Å². The van der Waals surface area contributed by atoms with E-state index in [1.165, 1.54) is 39.8 Å². The number of nitrogens with one attached hydrogen (secondary N) is 1. The fourth-order valence-electron chi connectivity index (χ4n) is 3.68. The normalized spacial score (nSPS) is 20.1. The number of aliphatic carboxylic acids is 1. The molecule has 1 saturated heterocycles. The fraction of sp³-hybridized carbons (Fsp3) is 0.182. The van der Waals surface area contributed by atoms with Crippen molar-refractivity contribution >= 4 is 62.9 Å². The van der Waals surface area contributed by atoms with Crippen LogP contribution in [0.1, 0.15) is 5.56 Å². The maximum Gasteiger partial charge on any atom is 0.353 e. The van der Waals surface area contributed by atoms with Gasteiger partial charge in [0, 0.05) is 10.7 Å². The van der Waals surface area contributed by atoms with Crippen LogP contribution < -0.4 is 5.32 Å². The zero-order valence-corrected chi connectivity index (χ0v) is 19.0. The minimum atomic E-state index is -1.15. The number of thioether (sulfide) groups is 2. The molecule has 2 N–H and O–H groups in total. The highest BCUT2D eigenvalue weighted by molar-refractivity contribution is 8.07. The Hall–Kier alpha value is -2.82. The second-order valence-electron chi connectivity index (χ2n) is 7.24. The first-order valence-corrected chi connectivity index (χ1v) is 12.5. The molecule has 0 unspecified atom stereocenters. The van der Waals surface area contributed by atoms with Gasteiger partial charge in [-0.15, -0.1) is 23.1 Å². The van der Waals surface area contributed by atoms with Crippen LogP contribution in [0.2, 0.25) is 0 Å². The van der Waals surface area contributed by atoms with Crippen molar-refractivity contribution in [3.05, 3.63) is 70.8 Å². The summed E-state index contributed by atoms with van der Waals surface area (Å²) in [5, 5.41) is 12.2. The number of benzene rings is 2. The van der Waals surface area contributed by atoms with Crippen molar-refractivity contribution in [2.75, 3.05) is 5.75 Å². The third-order valence-corrected chi connectivity index (χ3v) is 8.79. The molecule has 0 radical (unpaired) electrons. The van der Waals surface area contributed by atoms with E-state index in [4.69, 9.17) is 0 Å². The quantitative estimate of drug-likeness (QED) is 0.519. The highest BCUT2D eigenvalue weighted by atomic mass is 32.2. The Morgan fingerprint density at radius 1 is 1.16 bits per heavy atom. The number of carbonyl (C=O) groups excluding carboxylic acids is 2. The number of amides is 2. The number of carboxylic acids is 1. The molecule has 0 aliphatic carbocycles. The van der Waals surface area contributed by atoms with Gasteiger partial charge in [-0.1, -0.05) is 54.2 Å². The zero-order valence-electron chi connectivity index (χ0n) is 16.6. The van der Waals surface area contributed by atoms with Gasteiger partial charge in [-0.3, -0.25) is 14.5 Å². The predicted octanol–water partition coefficient (Wildman–Crippen LogP) is 3.33. The molecular formula is C22H17N3O4S3. The van der Waals surface area contributed by atoms with E-state index in [-0.39, 0.29) is 18.0 Å². The Balaban J connectivity index is 1.33. The summed E-state index contributed by atoms with van der Waals surface area (Å²) in [6.07, 6.45) is 0.169. The van der Waals surface area contributed by atoms with Crippen molar-refractivity contribution in [2.45, 2.75) is 22.2 Å². The van der Waals surface area contributed by atoms with Crippen LogP contribution in [-0.2, 0) is 20.8 Å². The number of thiazole rings is 1. The van der Waals surface area contributed by atoms with Gasteiger partial charge in [0.2, 0.25) is 5.91 Å². The number of hydrogen-bond acceptors (Lipinski definition) is 7. The lowest BCUT2D eigenvalue weighted by atomic mass is 10.0. The van der Waals surface area contributed by atoms with E-state index in [0.717, 1.165) is 20.1 Å². The van der Waals surface area contributed by atoms with Gasteiger partial charge in [-0.25, -0.2) is 9.78 Å². The number of carboxylic acid groups (broad SMARTS) is 1. The predicted molar refractivity (Wildman–Crippen MR) is 125 cm³/mol. The second kappa shape index (κ2) is 8.61. The molecule has 1 aromatic heterocycles. The van der Waals surface area contributed by atoms with Crippen molar-refractivity contribution in [1.82, 2.24) is 15.2 Å². The number of nitrogens with zero attached hydrogens (tertiary/aromatic N) is 2. The highest BCUT2D eigenvalue weighted by Crippen LogP contribution is 2.46. The second-order valence-corrected chi connectivity index (χ2v) is 10.7. The van der Waals surface area contributed by atoms with Crippen LogP contribution in [0, 0.1) is 0 Å². The summed E-state index contributed by atoms with van der Waals surface area (Å²) in [5.74, 6) is -1.38. The van der Waals surface area contributed by atoms with Crippen molar-refractivity contribution < 1.29 is 19.5 Å². The molecule has 2 aromatic carbocycles. The summed E-state index contributed by atoms with van der Waals surface area (Å²) < 4.78 is 1.76. The topological polar surface area (TPSA) is 99.6 Å². The van der Waals surface area contributed by atoms with Crippen LogP contribution in [0.4, 0.5) is 0 Å². The Kier molecular flexibility index (Phi) is 5.66. The average molecular weight is 484 g/mol. The maximum absolute atomic E-state index is 12.8. The number of hydrogen-bond donors (Lipinski definition) is 2. The molecule has 0 saturated carbocycles. The van der Waals surface area contributed by atoms with Crippen molar-refractivity contribution in [3.8, 4) is 0 Å². The van der Waals surface area contributed by atoms with Gasteiger partial charge < -0.3 is 10.4 Å². The van der Waals surface area contributed by atoms with Crippen molar-refractivity contribution in [2.24, 2.45) is 0 Å². The molecule has 1 fully saturated rings. The van der Waals surface area contributed by atoms with E-state index in [0.29, 0.717) is 10.7 Å². The van der Waals surface area contributed by atoms with Gasteiger partial charge >= 0.3 is 5.97 Å². The minimum Gasteiger partial charge on any atom is -0.477 e. The van der Waals surface area contributed by atoms with Gasteiger partial charge in [0.15, 0.2) is 4.34 Å². The van der Waals surface area contributed by atoms with Crippen LogP contribution in [-0.4, -0.2) is 49.9 Å². The van der Waals surface area contributed by atoms with Crippen LogP contribution in [0.5, 0.6) is 0 Å². The standard InChI is InChI=1S/C22H17N3O4S3/c26-16(10-12-6-2-1-3-7-12)24-17-19(27)25-18(21(28)29)15(11-30-20(17)25)32-22-23-13-8-4-5-9-14(13)31-22/h1-9,17,20H,10-11H2,(H,24,26)(H,28,29)/t17-,20-/m1/s1. The first kappa shape index (κ1) is 21.0. The lowest BCUT2D eigenvalue weighted by Crippen LogP contribution is -2.70. The number of carbonyl (C=O) groups is 3. The first-order valence-electron chi connectivity index (χ1n) is 9.79. The molecule has 162 valence electrons. The Morgan fingerprint density at radius 2 is 1.91 bits per heavy atom. The van der Waals surface area contributed by atoms with Gasteiger partial charge in [0.25, 0.3) is 5.91 Å². The lowest BCUT2D eigenvalue weighted by Gasteiger charge is -2.49. The molecule has 2 amide bonds. The van der Waals surface area contributed by atoms with Gasteiger partial charge in [0.1, 0.15) is 17.1 Å². The maximum atomic E-state index is 12.8. The summed E-state index contributed by atoms with van der Waals surface area (Å²) >= 11 is 4.23. The largest absolute Gasteiger partial charge is 0.477 e. The molecule has 0 spiro atoms. The van der Waals surface area contributed by atoms with Crippen molar-refractivity contribution in [3.63, 3.8) is 0 Å². The molecule has 3 heterocycles. The van der Waals surface area contributed by atoms with E-state index in [2.05, 4.69) is 10.3 Å².